The van der Waals surface area contributed by atoms with Crippen LogP contribution in [0.3, 0.4) is 0 Å². The Labute approximate surface area is 117 Å². The molecule has 2 amide bonds. The summed E-state index contributed by atoms with van der Waals surface area (Å²) in [7, 11) is 0. The normalized spacial score (nSPS) is 29.7. The monoisotopic (exact) mass is 264 g/mol. The number of piperidine rings is 1. The predicted octanol–water partition coefficient (Wildman–Crippen LogP) is 3.77. The second-order valence-electron chi connectivity index (χ2n) is 6.56. The molecule has 108 valence electrons. The first-order valence-electron chi connectivity index (χ1n) is 7.87. The Balaban J connectivity index is 1.75. The molecule has 1 saturated heterocycles. The lowest BCUT2D eigenvalue weighted by molar-refractivity contribution is 0.149. The van der Waals surface area contributed by atoms with E-state index in [9.17, 15) is 4.79 Å². The first kappa shape index (κ1) is 14.4. The Kier molecular flexibility index (Phi) is 5.29. The van der Waals surface area contributed by atoms with Crippen LogP contribution in [0.15, 0.2) is 12.3 Å². The van der Waals surface area contributed by atoms with Crippen LogP contribution in [-0.4, -0.2) is 24.0 Å². The van der Waals surface area contributed by atoms with E-state index in [-0.39, 0.29) is 6.03 Å². The maximum atomic E-state index is 12.1. The molecule has 0 aromatic heterocycles. The van der Waals surface area contributed by atoms with Gasteiger partial charge in [-0.3, -0.25) is 0 Å². The highest BCUT2D eigenvalue weighted by atomic mass is 16.2. The minimum atomic E-state index is 0.0745. The third-order valence-electron chi connectivity index (χ3n) is 4.38. The second kappa shape index (κ2) is 6.97. The quantitative estimate of drug-likeness (QED) is 0.809. The molecule has 1 aliphatic carbocycles. The summed E-state index contributed by atoms with van der Waals surface area (Å²) in [6.07, 6.45) is 11.9. The van der Waals surface area contributed by atoms with Crippen molar-refractivity contribution in [2.75, 3.05) is 13.1 Å². The molecule has 0 radical (unpaired) electrons. The van der Waals surface area contributed by atoms with Crippen molar-refractivity contribution in [2.24, 2.45) is 17.8 Å². The van der Waals surface area contributed by atoms with Crippen molar-refractivity contribution in [2.45, 2.75) is 52.4 Å². The van der Waals surface area contributed by atoms with Crippen molar-refractivity contribution in [3.63, 3.8) is 0 Å². The average molecular weight is 264 g/mol. The molecule has 0 aromatic rings. The number of carbonyl (C=O) groups is 1. The number of urea groups is 1. The maximum Gasteiger partial charge on any atom is 0.321 e. The standard InChI is InChI=1S/C16H28N2O/c1-13-10-14(2)12-18(11-13)16(19)17-9-8-15-6-4-3-5-7-15/h8-9,13-15H,3-7,10-12H2,1-2H3,(H,17,19)/b9-8+. The Morgan fingerprint density at radius 2 is 1.74 bits per heavy atom. The summed E-state index contributed by atoms with van der Waals surface area (Å²) in [6.45, 7) is 6.25. The molecule has 2 atom stereocenters. The summed E-state index contributed by atoms with van der Waals surface area (Å²) in [5.41, 5.74) is 0. The van der Waals surface area contributed by atoms with Gasteiger partial charge in [-0.2, -0.15) is 0 Å². The average Bonchev–Trinajstić information content (AvgIpc) is 2.38. The van der Waals surface area contributed by atoms with Gasteiger partial charge in [0.1, 0.15) is 0 Å². The van der Waals surface area contributed by atoms with Crippen LogP contribution < -0.4 is 5.32 Å². The summed E-state index contributed by atoms with van der Waals surface area (Å²) >= 11 is 0. The summed E-state index contributed by atoms with van der Waals surface area (Å²) in [6, 6.07) is 0.0745. The van der Waals surface area contributed by atoms with Crippen molar-refractivity contribution in [3.8, 4) is 0 Å². The van der Waals surface area contributed by atoms with Crippen LogP contribution in [0.1, 0.15) is 52.4 Å². The van der Waals surface area contributed by atoms with Gasteiger partial charge in [0.15, 0.2) is 0 Å². The number of nitrogens with one attached hydrogen (secondary N) is 1. The zero-order valence-corrected chi connectivity index (χ0v) is 12.4. The van der Waals surface area contributed by atoms with E-state index in [1.807, 2.05) is 11.1 Å². The Morgan fingerprint density at radius 1 is 1.11 bits per heavy atom. The van der Waals surface area contributed by atoms with E-state index in [1.165, 1.54) is 38.5 Å². The first-order chi connectivity index (χ1) is 9.15. The smallest absolute Gasteiger partial charge is 0.321 e. The van der Waals surface area contributed by atoms with E-state index in [0.717, 1.165) is 13.1 Å². The van der Waals surface area contributed by atoms with Gasteiger partial charge >= 0.3 is 6.03 Å². The number of hydrogen-bond acceptors (Lipinski definition) is 1. The lowest BCUT2D eigenvalue weighted by atomic mass is 9.89. The highest BCUT2D eigenvalue weighted by Gasteiger charge is 2.24. The number of carbonyl (C=O) groups excluding carboxylic acids is 1. The van der Waals surface area contributed by atoms with Crippen molar-refractivity contribution in [1.29, 1.82) is 0 Å². The SMILES string of the molecule is CC1CC(C)CN(C(=O)N/C=C/C2CCCCC2)C1. The van der Waals surface area contributed by atoms with Crippen LogP contribution in [0.4, 0.5) is 4.79 Å². The molecule has 2 fully saturated rings. The molecule has 1 saturated carbocycles. The number of nitrogens with zero attached hydrogens (tertiary/aromatic N) is 1. The largest absolute Gasteiger partial charge is 0.324 e. The van der Waals surface area contributed by atoms with Crippen LogP contribution in [0.5, 0.6) is 0 Å². The summed E-state index contributed by atoms with van der Waals surface area (Å²) < 4.78 is 0. The first-order valence-corrected chi connectivity index (χ1v) is 7.87. The molecule has 3 heteroatoms. The van der Waals surface area contributed by atoms with Crippen molar-refractivity contribution >= 4 is 6.03 Å². The molecule has 0 aromatic carbocycles. The molecule has 1 heterocycles. The Bertz CT molecular complexity index is 311. The fourth-order valence-electron chi connectivity index (χ4n) is 3.50. The van der Waals surface area contributed by atoms with Crippen LogP contribution in [0, 0.1) is 17.8 Å². The van der Waals surface area contributed by atoms with Gasteiger partial charge in [0.25, 0.3) is 0 Å². The van der Waals surface area contributed by atoms with Gasteiger partial charge in [0.2, 0.25) is 0 Å². The van der Waals surface area contributed by atoms with E-state index in [4.69, 9.17) is 0 Å². The molecule has 0 bridgehead atoms. The van der Waals surface area contributed by atoms with E-state index in [2.05, 4.69) is 25.2 Å². The molecular formula is C16H28N2O. The van der Waals surface area contributed by atoms with Gasteiger partial charge in [-0.1, -0.05) is 39.2 Å². The zero-order chi connectivity index (χ0) is 13.7. The van der Waals surface area contributed by atoms with Crippen molar-refractivity contribution in [1.82, 2.24) is 10.2 Å². The highest BCUT2D eigenvalue weighted by Crippen LogP contribution is 2.24. The van der Waals surface area contributed by atoms with Crippen LogP contribution in [0.25, 0.3) is 0 Å². The fourth-order valence-corrected chi connectivity index (χ4v) is 3.50. The molecule has 3 nitrogen and oxygen atoms in total. The number of rotatable bonds is 2. The van der Waals surface area contributed by atoms with E-state index in [1.54, 1.807) is 0 Å². The third-order valence-corrected chi connectivity index (χ3v) is 4.38. The van der Waals surface area contributed by atoms with E-state index >= 15 is 0 Å². The van der Waals surface area contributed by atoms with Crippen LogP contribution in [0.2, 0.25) is 0 Å². The molecule has 2 unspecified atom stereocenters. The van der Waals surface area contributed by atoms with Gasteiger partial charge in [0.05, 0.1) is 0 Å². The van der Waals surface area contributed by atoms with Gasteiger partial charge in [0, 0.05) is 19.3 Å². The lowest BCUT2D eigenvalue weighted by Crippen LogP contribution is -2.46. The summed E-state index contributed by atoms with van der Waals surface area (Å²) in [4.78, 5) is 14.1. The second-order valence-corrected chi connectivity index (χ2v) is 6.56. The number of hydrogen-bond donors (Lipinski definition) is 1. The third kappa shape index (κ3) is 4.55. The zero-order valence-electron chi connectivity index (χ0n) is 12.4. The van der Waals surface area contributed by atoms with Crippen LogP contribution in [-0.2, 0) is 0 Å². The topological polar surface area (TPSA) is 32.3 Å². The van der Waals surface area contributed by atoms with E-state index in [0.29, 0.717) is 17.8 Å². The van der Waals surface area contributed by atoms with Crippen LogP contribution >= 0.6 is 0 Å². The highest BCUT2D eigenvalue weighted by molar-refractivity contribution is 5.75. The molecular weight excluding hydrogens is 236 g/mol. The molecule has 2 rings (SSSR count). The lowest BCUT2D eigenvalue weighted by Gasteiger charge is -2.34. The molecule has 19 heavy (non-hydrogen) atoms. The maximum absolute atomic E-state index is 12.1. The summed E-state index contributed by atoms with van der Waals surface area (Å²) in [5.74, 6) is 1.92. The van der Waals surface area contributed by atoms with Crippen molar-refractivity contribution < 1.29 is 4.79 Å². The van der Waals surface area contributed by atoms with E-state index < -0.39 is 0 Å². The number of allylic oxidation sites excluding steroid dienone is 1. The van der Waals surface area contributed by atoms with Gasteiger partial charge < -0.3 is 10.2 Å². The molecule has 0 spiro atoms. The summed E-state index contributed by atoms with van der Waals surface area (Å²) in [5, 5.41) is 2.95. The Morgan fingerprint density at radius 3 is 2.37 bits per heavy atom. The Hall–Kier alpha value is -0.990. The van der Waals surface area contributed by atoms with Crippen molar-refractivity contribution in [3.05, 3.63) is 12.3 Å². The number of likely N-dealkylation sites (tertiary alicyclic amines) is 1. The van der Waals surface area contributed by atoms with Gasteiger partial charge in [-0.15, -0.1) is 0 Å². The minimum absolute atomic E-state index is 0.0745. The molecule has 1 aliphatic heterocycles. The van der Waals surface area contributed by atoms with Gasteiger partial charge in [-0.05, 0) is 37.0 Å². The fraction of sp³-hybridized carbons (Fsp3) is 0.812. The predicted molar refractivity (Wildman–Crippen MR) is 78.8 cm³/mol. The molecule has 1 N–H and O–H groups in total. The minimum Gasteiger partial charge on any atom is -0.324 e. The van der Waals surface area contributed by atoms with Gasteiger partial charge in [-0.25, -0.2) is 4.79 Å². The number of amides is 2. The molecule has 2 aliphatic rings.